The highest BCUT2D eigenvalue weighted by molar-refractivity contribution is 6.30. The Morgan fingerprint density at radius 3 is 2.40 bits per heavy atom. The van der Waals surface area contributed by atoms with Gasteiger partial charge in [0.15, 0.2) is 0 Å². The number of aliphatic hydroxyl groups is 1. The van der Waals surface area contributed by atoms with Crippen molar-refractivity contribution in [1.29, 1.82) is 0 Å². The Hall–Kier alpha value is -0.810. The molecule has 20 heavy (non-hydrogen) atoms. The maximum Gasteiger partial charge on any atom is 0.433 e. The molecule has 0 aliphatic rings. The van der Waals surface area contributed by atoms with Crippen LogP contribution >= 0.6 is 11.6 Å². The zero-order valence-electron chi connectivity index (χ0n) is 11.4. The molecule has 1 atom stereocenters. The van der Waals surface area contributed by atoms with Crippen LogP contribution in [0, 0.1) is 0 Å². The molecule has 6 heteroatoms. The smallest absolute Gasteiger partial charge is 0.388 e. The molecule has 0 spiro atoms. The van der Waals surface area contributed by atoms with Gasteiger partial charge in [-0.25, -0.2) is 4.98 Å². The van der Waals surface area contributed by atoms with E-state index in [-0.39, 0.29) is 10.7 Å². The minimum atomic E-state index is -4.52. The highest BCUT2D eigenvalue weighted by Crippen LogP contribution is 2.32. The van der Waals surface area contributed by atoms with Crippen molar-refractivity contribution in [2.45, 2.75) is 57.7 Å². The topological polar surface area (TPSA) is 33.1 Å². The van der Waals surface area contributed by atoms with E-state index in [1.54, 1.807) is 0 Å². The first-order valence-electron chi connectivity index (χ1n) is 6.78. The standard InChI is InChI=1S/C14H19ClF3NO/c1-2-3-4-5-6-7-11(20)10-8-9-12(14(16,17)18)19-13(10)15/h8-9,11,20H,2-7H2,1H3. The Morgan fingerprint density at radius 2 is 1.85 bits per heavy atom. The van der Waals surface area contributed by atoms with Crippen LogP contribution in [-0.2, 0) is 6.18 Å². The molecule has 1 N–H and O–H groups in total. The summed E-state index contributed by atoms with van der Waals surface area (Å²) in [5.74, 6) is 0. The lowest BCUT2D eigenvalue weighted by atomic mass is 10.0. The van der Waals surface area contributed by atoms with Crippen molar-refractivity contribution >= 4 is 11.6 Å². The number of unbranched alkanes of at least 4 members (excludes halogenated alkanes) is 4. The summed E-state index contributed by atoms with van der Waals surface area (Å²) in [7, 11) is 0. The second kappa shape index (κ2) is 7.84. The van der Waals surface area contributed by atoms with Crippen LogP contribution in [0.25, 0.3) is 0 Å². The lowest BCUT2D eigenvalue weighted by Crippen LogP contribution is -2.10. The summed E-state index contributed by atoms with van der Waals surface area (Å²) in [6.07, 6.45) is 0.302. The summed E-state index contributed by atoms with van der Waals surface area (Å²) in [6, 6.07) is 2.05. The van der Waals surface area contributed by atoms with Crippen LogP contribution in [0.3, 0.4) is 0 Å². The van der Waals surface area contributed by atoms with Crippen LogP contribution in [0.1, 0.15) is 62.8 Å². The molecule has 0 amide bonds. The third-order valence-electron chi connectivity index (χ3n) is 3.11. The second-order valence-corrected chi connectivity index (χ2v) is 5.15. The van der Waals surface area contributed by atoms with E-state index >= 15 is 0 Å². The number of alkyl halides is 3. The van der Waals surface area contributed by atoms with Crippen molar-refractivity contribution in [2.24, 2.45) is 0 Å². The number of hydrogen-bond donors (Lipinski definition) is 1. The highest BCUT2D eigenvalue weighted by atomic mass is 35.5. The Morgan fingerprint density at radius 1 is 1.20 bits per heavy atom. The van der Waals surface area contributed by atoms with E-state index in [1.807, 2.05) is 0 Å². The summed E-state index contributed by atoms with van der Waals surface area (Å²) in [4.78, 5) is 3.30. The third kappa shape index (κ3) is 5.29. The van der Waals surface area contributed by atoms with Crippen molar-refractivity contribution < 1.29 is 18.3 Å². The number of pyridine rings is 1. The summed E-state index contributed by atoms with van der Waals surface area (Å²) in [6.45, 7) is 2.11. The zero-order chi connectivity index (χ0) is 15.2. The predicted molar refractivity (Wildman–Crippen MR) is 72.6 cm³/mol. The normalized spacial score (nSPS) is 13.5. The number of aromatic nitrogens is 1. The zero-order valence-corrected chi connectivity index (χ0v) is 12.1. The van der Waals surface area contributed by atoms with Gasteiger partial charge in [-0.05, 0) is 12.5 Å². The van der Waals surface area contributed by atoms with Gasteiger partial charge in [0.1, 0.15) is 10.8 Å². The van der Waals surface area contributed by atoms with Crippen molar-refractivity contribution in [1.82, 2.24) is 4.98 Å². The molecule has 0 radical (unpaired) electrons. The Balaban J connectivity index is 2.58. The lowest BCUT2D eigenvalue weighted by molar-refractivity contribution is -0.141. The van der Waals surface area contributed by atoms with Gasteiger partial charge in [0.25, 0.3) is 0 Å². The van der Waals surface area contributed by atoms with Gasteiger partial charge in [0.2, 0.25) is 0 Å². The first kappa shape index (κ1) is 17.2. The number of hydrogen-bond acceptors (Lipinski definition) is 2. The summed E-state index contributed by atoms with van der Waals surface area (Å²) < 4.78 is 37.3. The minimum absolute atomic E-state index is 0.259. The highest BCUT2D eigenvalue weighted by Gasteiger charge is 2.33. The van der Waals surface area contributed by atoms with E-state index in [2.05, 4.69) is 11.9 Å². The van der Waals surface area contributed by atoms with Crippen molar-refractivity contribution in [3.63, 3.8) is 0 Å². The van der Waals surface area contributed by atoms with Gasteiger partial charge >= 0.3 is 6.18 Å². The molecule has 1 unspecified atom stereocenters. The van der Waals surface area contributed by atoms with Crippen molar-refractivity contribution in [3.8, 4) is 0 Å². The van der Waals surface area contributed by atoms with Crippen LogP contribution in [0.4, 0.5) is 13.2 Å². The monoisotopic (exact) mass is 309 g/mol. The summed E-state index contributed by atoms with van der Waals surface area (Å²) in [5, 5.41) is 9.67. The minimum Gasteiger partial charge on any atom is -0.388 e. The molecule has 1 rings (SSSR count). The average Bonchev–Trinajstić information content (AvgIpc) is 2.37. The van der Waals surface area contributed by atoms with Crippen molar-refractivity contribution in [2.75, 3.05) is 0 Å². The van der Waals surface area contributed by atoms with Crippen LogP contribution in [0.15, 0.2) is 12.1 Å². The predicted octanol–water partition coefficient (Wildman–Crippen LogP) is 5.15. The molecule has 0 saturated heterocycles. The largest absolute Gasteiger partial charge is 0.433 e. The van der Waals surface area contributed by atoms with Gasteiger partial charge in [-0.3, -0.25) is 0 Å². The van der Waals surface area contributed by atoms with E-state index in [1.165, 1.54) is 6.07 Å². The fourth-order valence-electron chi connectivity index (χ4n) is 1.95. The van der Waals surface area contributed by atoms with E-state index < -0.39 is 18.0 Å². The quantitative estimate of drug-likeness (QED) is 0.558. The Kier molecular flexibility index (Phi) is 6.76. The summed E-state index contributed by atoms with van der Waals surface area (Å²) in [5.41, 5.74) is -0.781. The first-order chi connectivity index (χ1) is 9.36. The average molecular weight is 310 g/mol. The Labute approximate surface area is 122 Å². The first-order valence-corrected chi connectivity index (χ1v) is 7.15. The van der Waals surface area contributed by atoms with Gasteiger partial charge in [-0.15, -0.1) is 0 Å². The lowest BCUT2D eigenvalue weighted by Gasteiger charge is -2.14. The summed E-state index contributed by atoms with van der Waals surface area (Å²) >= 11 is 5.72. The maximum atomic E-state index is 12.4. The molecule has 0 bridgehead atoms. The van der Waals surface area contributed by atoms with Crippen LogP contribution in [0.5, 0.6) is 0 Å². The Bertz CT molecular complexity index is 423. The van der Waals surface area contributed by atoms with E-state index in [0.29, 0.717) is 6.42 Å². The van der Waals surface area contributed by atoms with Crippen molar-refractivity contribution in [3.05, 3.63) is 28.5 Å². The SMILES string of the molecule is CCCCCCCC(O)c1ccc(C(F)(F)F)nc1Cl. The molecular formula is C14H19ClF3NO. The molecule has 0 saturated carbocycles. The molecule has 1 heterocycles. The fourth-order valence-corrected chi connectivity index (χ4v) is 2.23. The van der Waals surface area contributed by atoms with Gasteiger partial charge in [0, 0.05) is 5.56 Å². The van der Waals surface area contributed by atoms with E-state index in [0.717, 1.165) is 38.2 Å². The van der Waals surface area contributed by atoms with E-state index in [9.17, 15) is 18.3 Å². The molecule has 114 valence electrons. The van der Waals surface area contributed by atoms with E-state index in [4.69, 9.17) is 11.6 Å². The number of aliphatic hydroxyl groups excluding tert-OH is 1. The number of halogens is 4. The molecule has 0 aliphatic heterocycles. The number of nitrogens with zero attached hydrogens (tertiary/aromatic N) is 1. The molecular weight excluding hydrogens is 291 g/mol. The van der Waals surface area contributed by atoms with Gasteiger partial charge < -0.3 is 5.11 Å². The molecule has 1 aromatic rings. The fraction of sp³-hybridized carbons (Fsp3) is 0.643. The number of rotatable bonds is 7. The molecule has 1 aromatic heterocycles. The second-order valence-electron chi connectivity index (χ2n) is 4.79. The van der Waals surface area contributed by atoms with Crippen LogP contribution in [0.2, 0.25) is 5.15 Å². The van der Waals surface area contributed by atoms with Gasteiger partial charge in [0.05, 0.1) is 6.10 Å². The van der Waals surface area contributed by atoms with Gasteiger partial charge in [-0.2, -0.15) is 13.2 Å². The third-order valence-corrected chi connectivity index (χ3v) is 3.41. The van der Waals surface area contributed by atoms with Crippen LogP contribution in [-0.4, -0.2) is 10.1 Å². The van der Waals surface area contributed by atoms with Gasteiger partial charge in [-0.1, -0.05) is 56.7 Å². The molecule has 0 aliphatic carbocycles. The molecule has 2 nitrogen and oxygen atoms in total. The maximum absolute atomic E-state index is 12.4. The molecule has 0 fully saturated rings. The van der Waals surface area contributed by atoms with Crippen LogP contribution < -0.4 is 0 Å². The molecule has 0 aromatic carbocycles.